The van der Waals surface area contributed by atoms with E-state index in [-0.39, 0.29) is 27.7 Å². The Balaban J connectivity index is 1.73. The molecule has 29 heavy (non-hydrogen) atoms. The van der Waals surface area contributed by atoms with Crippen LogP contribution < -0.4 is 17.0 Å². The van der Waals surface area contributed by atoms with E-state index in [0.29, 0.717) is 13.1 Å². The van der Waals surface area contributed by atoms with Crippen molar-refractivity contribution in [3.63, 3.8) is 0 Å². The van der Waals surface area contributed by atoms with Crippen molar-refractivity contribution >= 4 is 28.3 Å². The molecule has 7 nitrogen and oxygen atoms in total. The molecule has 3 aromatic rings. The zero-order valence-corrected chi connectivity index (χ0v) is 16.9. The van der Waals surface area contributed by atoms with E-state index in [1.54, 1.807) is 0 Å². The largest absolute Gasteiger partial charge is 0.422 e. The Morgan fingerprint density at radius 2 is 1.90 bits per heavy atom. The third-order valence-electron chi connectivity index (χ3n) is 5.35. The maximum atomic E-state index is 13.2. The number of rotatable bonds is 3. The highest BCUT2D eigenvalue weighted by Crippen LogP contribution is 2.24. The molecule has 0 aliphatic carbocycles. The summed E-state index contributed by atoms with van der Waals surface area (Å²) in [6.45, 7) is 3.58. The lowest BCUT2D eigenvalue weighted by molar-refractivity contribution is 0.239. The Morgan fingerprint density at radius 3 is 2.66 bits per heavy atom. The van der Waals surface area contributed by atoms with Gasteiger partial charge >= 0.3 is 5.76 Å². The predicted octanol–water partition coefficient (Wildman–Crippen LogP) is 2.18. The minimum atomic E-state index is -0.677. The maximum Gasteiger partial charge on any atom is 0.422 e. The summed E-state index contributed by atoms with van der Waals surface area (Å²) in [7, 11) is 1.99. The Bertz CT molecular complexity index is 1140. The molecule has 1 aromatic heterocycles. The molecule has 1 aliphatic rings. The van der Waals surface area contributed by atoms with E-state index >= 15 is 0 Å². The van der Waals surface area contributed by atoms with Gasteiger partial charge in [0.2, 0.25) is 0 Å². The number of anilines is 1. The van der Waals surface area contributed by atoms with Crippen LogP contribution in [0.1, 0.15) is 11.6 Å². The number of nitrogen functional groups attached to an aromatic ring is 1. The first-order chi connectivity index (χ1) is 13.9. The van der Waals surface area contributed by atoms with Gasteiger partial charge in [-0.25, -0.2) is 9.36 Å². The molecular formula is C21H23ClN4O3. The molecule has 1 atom stereocenters. The number of nitrogens with two attached hydrogens (primary N) is 1. The first-order valence-corrected chi connectivity index (χ1v) is 9.89. The molecule has 0 saturated carbocycles. The molecule has 1 unspecified atom stereocenters. The molecule has 2 heterocycles. The summed E-state index contributed by atoms with van der Waals surface area (Å²) in [5.74, 6) is -0.677. The Labute approximate surface area is 172 Å². The number of hydrogen-bond acceptors (Lipinski definition) is 6. The lowest BCUT2D eigenvalue weighted by atomic mass is 10.2. The first kappa shape index (κ1) is 19.7. The van der Waals surface area contributed by atoms with Gasteiger partial charge in [-0.3, -0.25) is 9.69 Å². The Hall–Kier alpha value is -2.61. The number of likely N-dealkylation sites (N-methyl/N-ethyl adjacent to an activating group) is 1. The van der Waals surface area contributed by atoms with Gasteiger partial charge < -0.3 is 15.1 Å². The highest BCUT2D eigenvalue weighted by Gasteiger charge is 2.26. The van der Waals surface area contributed by atoms with E-state index in [9.17, 15) is 9.59 Å². The molecule has 8 heteroatoms. The predicted molar refractivity (Wildman–Crippen MR) is 114 cm³/mol. The highest BCUT2D eigenvalue weighted by molar-refractivity contribution is 6.33. The second-order valence-corrected chi connectivity index (χ2v) is 7.96. The molecule has 2 N–H and O–H groups in total. The fraction of sp³-hybridized carbons (Fsp3) is 0.333. The molecule has 152 valence electrons. The minimum Gasteiger partial charge on any atom is -0.409 e. The van der Waals surface area contributed by atoms with Gasteiger partial charge in [0.1, 0.15) is 5.58 Å². The second-order valence-electron chi connectivity index (χ2n) is 7.55. The standard InChI is InChI=1S/C21H23ClN4O3/c1-24-7-8-25(11-14-5-3-2-4-6-14)13-15(12-24)26-20(27)16-9-17(22)18(23)10-19(16)29-21(26)28/h2-6,9-10,15H,7-8,11-13,23H2,1H3. The molecule has 4 rings (SSSR count). The number of aromatic nitrogens is 1. The van der Waals surface area contributed by atoms with E-state index in [4.69, 9.17) is 21.8 Å². The summed E-state index contributed by atoms with van der Waals surface area (Å²) in [5, 5.41) is 0.518. The monoisotopic (exact) mass is 414 g/mol. The summed E-state index contributed by atoms with van der Waals surface area (Å²) in [6.07, 6.45) is 0. The Morgan fingerprint density at radius 1 is 1.14 bits per heavy atom. The van der Waals surface area contributed by atoms with Crippen LogP contribution in [0.15, 0.2) is 56.5 Å². The quantitative estimate of drug-likeness (QED) is 0.661. The average Bonchev–Trinajstić information content (AvgIpc) is 2.86. The van der Waals surface area contributed by atoms with E-state index in [1.165, 1.54) is 22.3 Å². The van der Waals surface area contributed by atoms with Crippen LogP contribution in [0, 0.1) is 0 Å². The van der Waals surface area contributed by atoms with Crippen molar-refractivity contribution in [2.24, 2.45) is 0 Å². The lowest BCUT2D eigenvalue weighted by Gasteiger charge is -2.24. The van der Waals surface area contributed by atoms with Crippen LogP contribution in [0.5, 0.6) is 0 Å². The third kappa shape index (κ3) is 4.07. The molecule has 0 spiro atoms. The van der Waals surface area contributed by atoms with Crippen molar-refractivity contribution in [2.45, 2.75) is 12.6 Å². The SMILES string of the molecule is CN1CCN(Cc2ccccc2)CC(n2c(=O)oc3cc(N)c(Cl)cc3c2=O)C1. The van der Waals surface area contributed by atoms with Crippen molar-refractivity contribution in [3.8, 4) is 0 Å². The van der Waals surface area contributed by atoms with Crippen molar-refractivity contribution in [1.29, 1.82) is 0 Å². The topological polar surface area (TPSA) is 84.7 Å². The van der Waals surface area contributed by atoms with Crippen LogP contribution in [0.2, 0.25) is 5.02 Å². The van der Waals surface area contributed by atoms with Crippen LogP contribution >= 0.6 is 11.6 Å². The van der Waals surface area contributed by atoms with E-state index in [0.717, 1.165) is 19.6 Å². The lowest BCUT2D eigenvalue weighted by Crippen LogP contribution is -2.42. The number of nitrogens with zero attached hydrogens (tertiary/aromatic N) is 3. The van der Waals surface area contributed by atoms with Gasteiger partial charge in [-0.2, -0.15) is 0 Å². The Kier molecular flexibility index (Phi) is 5.45. The van der Waals surface area contributed by atoms with Gasteiger partial charge in [0, 0.05) is 38.8 Å². The normalized spacial score (nSPS) is 18.8. The average molecular weight is 415 g/mol. The van der Waals surface area contributed by atoms with Gasteiger partial charge in [-0.15, -0.1) is 0 Å². The minimum absolute atomic E-state index is 0.154. The van der Waals surface area contributed by atoms with Gasteiger partial charge in [0.15, 0.2) is 0 Å². The molecule has 2 aromatic carbocycles. The summed E-state index contributed by atoms with van der Waals surface area (Å²) < 4.78 is 6.64. The summed E-state index contributed by atoms with van der Waals surface area (Å²) >= 11 is 6.09. The highest BCUT2D eigenvalue weighted by atomic mass is 35.5. The van der Waals surface area contributed by atoms with Gasteiger partial charge in [-0.05, 0) is 18.7 Å². The zero-order chi connectivity index (χ0) is 20.5. The number of benzene rings is 2. The van der Waals surface area contributed by atoms with Crippen LogP contribution in [0.25, 0.3) is 11.0 Å². The number of fused-ring (bicyclic) bond motifs is 1. The van der Waals surface area contributed by atoms with Crippen molar-refractivity contribution in [3.05, 3.63) is 74.0 Å². The van der Waals surface area contributed by atoms with Gasteiger partial charge in [-0.1, -0.05) is 41.9 Å². The fourth-order valence-corrected chi connectivity index (χ4v) is 4.01. The first-order valence-electron chi connectivity index (χ1n) is 9.51. The molecule has 0 bridgehead atoms. The molecule has 1 fully saturated rings. The number of hydrogen-bond donors (Lipinski definition) is 1. The number of halogens is 1. The van der Waals surface area contributed by atoms with Crippen molar-refractivity contribution in [2.75, 3.05) is 39.0 Å². The molecule has 0 radical (unpaired) electrons. The van der Waals surface area contributed by atoms with E-state index in [2.05, 4.69) is 21.9 Å². The summed E-state index contributed by atoms with van der Waals surface area (Å²) in [5.41, 5.74) is 6.99. The summed E-state index contributed by atoms with van der Waals surface area (Å²) in [6, 6.07) is 12.7. The zero-order valence-electron chi connectivity index (χ0n) is 16.2. The third-order valence-corrected chi connectivity index (χ3v) is 5.67. The fourth-order valence-electron chi connectivity index (χ4n) is 3.85. The van der Waals surface area contributed by atoms with E-state index in [1.807, 2.05) is 25.2 Å². The second kappa shape index (κ2) is 8.02. The van der Waals surface area contributed by atoms with Crippen molar-refractivity contribution in [1.82, 2.24) is 14.4 Å². The van der Waals surface area contributed by atoms with Crippen LogP contribution in [-0.4, -0.2) is 47.6 Å². The van der Waals surface area contributed by atoms with Gasteiger partial charge in [0.25, 0.3) is 5.56 Å². The molecule has 1 aliphatic heterocycles. The maximum absolute atomic E-state index is 13.2. The van der Waals surface area contributed by atoms with Crippen LogP contribution in [0.3, 0.4) is 0 Å². The van der Waals surface area contributed by atoms with Crippen molar-refractivity contribution < 1.29 is 4.42 Å². The smallest absolute Gasteiger partial charge is 0.409 e. The molecule has 0 amide bonds. The van der Waals surface area contributed by atoms with E-state index < -0.39 is 11.3 Å². The molecule has 1 saturated heterocycles. The van der Waals surface area contributed by atoms with Crippen LogP contribution in [-0.2, 0) is 6.54 Å². The van der Waals surface area contributed by atoms with Gasteiger partial charge in [0.05, 0.1) is 22.1 Å². The molecular weight excluding hydrogens is 392 g/mol. The van der Waals surface area contributed by atoms with Crippen LogP contribution in [0.4, 0.5) is 5.69 Å². The summed E-state index contributed by atoms with van der Waals surface area (Å²) in [4.78, 5) is 30.3.